The minimum atomic E-state index is 0.406. The Bertz CT molecular complexity index is 900. The predicted octanol–water partition coefficient (Wildman–Crippen LogP) is 3.01. The summed E-state index contributed by atoms with van der Waals surface area (Å²) < 4.78 is 2.22. The summed E-state index contributed by atoms with van der Waals surface area (Å²) in [6, 6.07) is 8.38. The van der Waals surface area contributed by atoms with Gasteiger partial charge in [-0.2, -0.15) is 0 Å². The first-order chi connectivity index (χ1) is 12.6. The van der Waals surface area contributed by atoms with Crippen LogP contribution in [0.2, 0.25) is 0 Å². The minimum Gasteiger partial charge on any atom is -0.399 e. The Kier molecular flexibility index (Phi) is 4.36. The number of imidazole rings is 1. The number of hydrogen-bond acceptors (Lipinski definition) is 6. The summed E-state index contributed by atoms with van der Waals surface area (Å²) in [5.41, 5.74) is 15.3. The second kappa shape index (κ2) is 6.82. The van der Waals surface area contributed by atoms with Crippen LogP contribution in [-0.4, -0.2) is 26.1 Å². The molecule has 1 aliphatic rings. The number of nitrogen functional groups attached to an aromatic ring is 2. The van der Waals surface area contributed by atoms with Gasteiger partial charge in [-0.15, -0.1) is 0 Å². The van der Waals surface area contributed by atoms with E-state index >= 15 is 0 Å². The molecule has 2 aromatic heterocycles. The lowest BCUT2D eigenvalue weighted by atomic mass is 10.1. The molecule has 4 rings (SSSR count). The van der Waals surface area contributed by atoms with Crippen molar-refractivity contribution in [2.75, 3.05) is 23.3 Å². The van der Waals surface area contributed by atoms with Crippen LogP contribution in [0.15, 0.2) is 30.6 Å². The Balaban J connectivity index is 1.59. The van der Waals surface area contributed by atoms with Gasteiger partial charge in [-0.25, -0.2) is 15.0 Å². The van der Waals surface area contributed by atoms with E-state index in [-0.39, 0.29) is 0 Å². The van der Waals surface area contributed by atoms with Gasteiger partial charge in [-0.1, -0.05) is 19.1 Å². The third-order valence-corrected chi connectivity index (χ3v) is 5.21. The van der Waals surface area contributed by atoms with Crippen molar-refractivity contribution in [2.45, 2.75) is 38.6 Å². The first-order valence-corrected chi connectivity index (χ1v) is 9.18. The van der Waals surface area contributed by atoms with Crippen LogP contribution in [0.3, 0.4) is 0 Å². The molecule has 0 amide bonds. The topological polar surface area (TPSA) is 108 Å². The van der Waals surface area contributed by atoms with Gasteiger partial charge in [0.25, 0.3) is 0 Å². The van der Waals surface area contributed by atoms with E-state index in [0.717, 1.165) is 49.0 Å². The number of aromatic nitrogens is 4. The van der Waals surface area contributed by atoms with Crippen molar-refractivity contribution in [2.24, 2.45) is 5.92 Å². The lowest BCUT2D eigenvalue weighted by molar-refractivity contribution is 0.506. The number of rotatable bonds is 5. The summed E-state index contributed by atoms with van der Waals surface area (Å²) in [5, 5.41) is 3.48. The van der Waals surface area contributed by atoms with Gasteiger partial charge in [0.2, 0.25) is 5.95 Å². The van der Waals surface area contributed by atoms with E-state index in [4.69, 9.17) is 16.5 Å². The standard InChI is InChI=1S/C19H25N7/c1-12-2-7-15(10-12)26-18-16(17(21)23-11-24-18)25-19(26)22-9-8-13-3-5-14(20)6-4-13/h3-6,11-12,15H,2,7-10,20H2,1H3,(H,22,25)(H2,21,23,24). The summed E-state index contributed by atoms with van der Waals surface area (Å²) in [5.74, 6) is 1.99. The van der Waals surface area contributed by atoms with Gasteiger partial charge >= 0.3 is 0 Å². The van der Waals surface area contributed by atoms with E-state index < -0.39 is 0 Å². The summed E-state index contributed by atoms with van der Waals surface area (Å²) >= 11 is 0. The van der Waals surface area contributed by atoms with Gasteiger partial charge < -0.3 is 16.8 Å². The molecule has 26 heavy (non-hydrogen) atoms. The smallest absolute Gasteiger partial charge is 0.205 e. The Hall–Kier alpha value is -2.83. The van der Waals surface area contributed by atoms with E-state index in [2.05, 4.69) is 38.9 Å². The SMILES string of the molecule is CC1CCC(n2c(NCCc3ccc(N)cc3)nc3c(N)ncnc32)C1. The molecular weight excluding hydrogens is 326 g/mol. The normalized spacial score (nSPS) is 19.9. The highest BCUT2D eigenvalue weighted by molar-refractivity contribution is 5.84. The molecule has 0 spiro atoms. The second-order valence-corrected chi connectivity index (χ2v) is 7.23. The average molecular weight is 351 g/mol. The minimum absolute atomic E-state index is 0.406. The first-order valence-electron chi connectivity index (χ1n) is 9.18. The summed E-state index contributed by atoms with van der Waals surface area (Å²) in [6.07, 6.45) is 5.93. The number of nitrogens with two attached hydrogens (primary N) is 2. The fraction of sp³-hybridized carbons (Fsp3) is 0.421. The maximum absolute atomic E-state index is 6.03. The number of anilines is 3. The van der Waals surface area contributed by atoms with Crippen LogP contribution in [-0.2, 0) is 6.42 Å². The summed E-state index contributed by atoms with van der Waals surface area (Å²) in [6.45, 7) is 3.08. The molecule has 7 heteroatoms. The van der Waals surface area contributed by atoms with E-state index in [1.807, 2.05) is 12.1 Å². The molecule has 0 bridgehead atoms. The van der Waals surface area contributed by atoms with Gasteiger partial charge in [-0.3, -0.25) is 4.57 Å². The molecule has 0 radical (unpaired) electrons. The molecule has 1 fully saturated rings. The number of nitrogens with one attached hydrogen (secondary N) is 1. The number of hydrogen-bond donors (Lipinski definition) is 3. The van der Waals surface area contributed by atoms with Crippen molar-refractivity contribution < 1.29 is 0 Å². The fourth-order valence-corrected chi connectivity index (χ4v) is 3.81. The summed E-state index contributed by atoms with van der Waals surface area (Å²) in [7, 11) is 0. The molecule has 1 aliphatic carbocycles. The highest BCUT2D eigenvalue weighted by Gasteiger charge is 2.27. The highest BCUT2D eigenvalue weighted by atomic mass is 15.3. The van der Waals surface area contributed by atoms with Crippen molar-refractivity contribution in [3.63, 3.8) is 0 Å². The Morgan fingerprint density at radius 3 is 2.69 bits per heavy atom. The third-order valence-electron chi connectivity index (χ3n) is 5.21. The van der Waals surface area contributed by atoms with E-state index in [1.54, 1.807) is 0 Å². The number of benzene rings is 1. The Morgan fingerprint density at radius 1 is 1.15 bits per heavy atom. The lowest BCUT2D eigenvalue weighted by Gasteiger charge is -2.17. The molecule has 136 valence electrons. The van der Waals surface area contributed by atoms with Crippen molar-refractivity contribution in [3.05, 3.63) is 36.2 Å². The van der Waals surface area contributed by atoms with Crippen LogP contribution < -0.4 is 16.8 Å². The predicted molar refractivity (Wildman–Crippen MR) is 105 cm³/mol. The molecule has 2 unspecified atom stereocenters. The van der Waals surface area contributed by atoms with Crippen molar-refractivity contribution in [1.29, 1.82) is 0 Å². The van der Waals surface area contributed by atoms with Crippen LogP contribution in [0.25, 0.3) is 11.2 Å². The maximum atomic E-state index is 6.03. The molecule has 2 heterocycles. The van der Waals surface area contributed by atoms with Crippen LogP contribution in [0.1, 0.15) is 37.8 Å². The molecular formula is C19H25N7. The van der Waals surface area contributed by atoms with Crippen LogP contribution in [0.4, 0.5) is 17.5 Å². The molecule has 7 nitrogen and oxygen atoms in total. The molecule has 3 aromatic rings. The maximum Gasteiger partial charge on any atom is 0.205 e. The van der Waals surface area contributed by atoms with E-state index in [1.165, 1.54) is 18.3 Å². The molecule has 5 N–H and O–H groups in total. The second-order valence-electron chi connectivity index (χ2n) is 7.23. The third kappa shape index (κ3) is 3.16. The Morgan fingerprint density at radius 2 is 1.96 bits per heavy atom. The zero-order chi connectivity index (χ0) is 18.1. The van der Waals surface area contributed by atoms with Crippen molar-refractivity contribution in [1.82, 2.24) is 19.5 Å². The average Bonchev–Trinajstić information content (AvgIpc) is 3.21. The van der Waals surface area contributed by atoms with Gasteiger partial charge in [0, 0.05) is 18.3 Å². The Labute approximate surface area is 152 Å². The largest absolute Gasteiger partial charge is 0.399 e. The van der Waals surface area contributed by atoms with Crippen molar-refractivity contribution in [3.8, 4) is 0 Å². The van der Waals surface area contributed by atoms with Gasteiger partial charge in [0.1, 0.15) is 6.33 Å². The molecule has 2 atom stereocenters. The van der Waals surface area contributed by atoms with Crippen LogP contribution in [0, 0.1) is 5.92 Å². The quantitative estimate of drug-likeness (QED) is 0.610. The molecule has 0 aliphatic heterocycles. The molecule has 0 saturated heterocycles. The number of fused-ring (bicyclic) bond motifs is 1. The first kappa shape index (κ1) is 16.6. The van der Waals surface area contributed by atoms with Gasteiger partial charge in [0.15, 0.2) is 17.0 Å². The summed E-state index contributed by atoms with van der Waals surface area (Å²) in [4.78, 5) is 13.3. The fourth-order valence-electron chi connectivity index (χ4n) is 3.81. The van der Waals surface area contributed by atoms with E-state index in [9.17, 15) is 0 Å². The number of nitrogens with zero attached hydrogens (tertiary/aromatic N) is 4. The molecule has 1 saturated carbocycles. The lowest BCUT2D eigenvalue weighted by Crippen LogP contribution is -2.14. The van der Waals surface area contributed by atoms with Gasteiger partial charge in [-0.05, 0) is 49.3 Å². The van der Waals surface area contributed by atoms with Crippen molar-refractivity contribution >= 4 is 28.6 Å². The zero-order valence-electron chi connectivity index (χ0n) is 15.0. The monoisotopic (exact) mass is 351 g/mol. The zero-order valence-corrected chi connectivity index (χ0v) is 15.0. The van der Waals surface area contributed by atoms with Crippen LogP contribution in [0.5, 0.6) is 0 Å². The van der Waals surface area contributed by atoms with Crippen LogP contribution >= 0.6 is 0 Å². The molecule has 1 aromatic carbocycles. The van der Waals surface area contributed by atoms with E-state index in [0.29, 0.717) is 17.4 Å². The highest BCUT2D eigenvalue weighted by Crippen LogP contribution is 2.38. The van der Waals surface area contributed by atoms with Gasteiger partial charge in [0.05, 0.1) is 0 Å².